The average molecular weight is 443 g/mol. The Morgan fingerprint density at radius 1 is 1.24 bits per heavy atom. The maximum atomic E-state index is 13.0. The van der Waals surface area contributed by atoms with Gasteiger partial charge in [-0.1, -0.05) is 23.2 Å². The summed E-state index contributed by atoms with van der Waals surface area (Å²) in [5, 5.41) is 20.9. The highest BCUT2D eigenvalue weighted by Crippen LogP contribution is 2.56. The molecule has 2 heterocycles. The third kappa shape index (κ3) is 3.01. The molecule has 2 aromatic heterocycles. The zero-order valence-corrected chi connectivity index (χ0v) is 16.2. The van der Waals surface area contributed by atoms with Gasteiger partial charge in [0.2, 0.25) is 11.8 Å². The van der Waals surface area contributed by atoms with E-state index in [0.29, 0.717) is 30.2 Å². The van der Waals surface area contributed by atoms with Crippen molar-refractivity contribution < 1.29 is 17.6 Å². The second-order valence-electron chi connectivity index (χ2n) is 6.63. The summed E-state index contributed by atoms with van der Waals surface area (Å²) >= 11 is 12.2. The maximum Gasteiger partial charge on any atom is 0.416 e. The van der Waals surface area contributed by atoms with Crippen molar-refractivity contribution in [2.45, 2.75) is 31.4 Å². The number of hydrogen-bond acceptors (Lipinski definition) is 6. The molecule has 29 heavy (non-hydrogen) atoms. The Morgan fingerprint density at radius 2 is 1.86 bits per heavy atom. The molecule has 1 aliphatic carbocycles. The van der Waals surface area contributed by atoms with Crippen LogP contribution in [0.4, 0.5) is 19.0 Å². The van der Waals surface area contributed by atoms with Crippen molar-refractivity contribution in [2.24, 2.45) is 0 Å². The Labute approximate surface area is 171 Å². The molecule has 1 saturated carbocycles. The van der Waals surface area contributed by atoms with Crippen molar-refractivity contribution in [3.63, 3.8) is 0 Å². The second-order valence-corrected chi connectivity index (χ2v) is 7.44. The molecule has 0 amide bonds. The molecule has 2 N–H and O–H groups in total. The first kappa shape index (κ1) is 19.5. The number of alkyl halides is 3. The molecule has 0 bridgehead atoms. The first-order valence-electron chi connectivity index (χ1n) is 8.25. The highest BCUT2D eigenvalue weighted by Gasteiger charge is 2.55. The van der Waals surface area contributed by atoms with Crippen molar-refractivity contribution in [3.05, 3.63) is 50.8 Å². The van der Waals surface area contributed by atoms with Crippen LogP contribution in [0.15, 0.2) is 16.5 Å². The van der Waals surface area contributed by atoms with Gasteiger partial charge in [-0.2, -0.15) is 23.5 Å². The number of aromatic nitrogens is 4. The lowest BCUT2D eigenvalue weighted by molar-refractivity contribution is -0.137. The zero-order chi connectivity index (χ0) is 21.1. The molecule has 7 nitrogen and oxygen atoms in total. The molecule has 1 fully saturated rings. The maximum absolute atomic E-state index is 13.0. The van der Waals surface area contributed by atoms with Crippen LogP contribution in [0.2, 0.25) is 10.0 Å². The lowest BCUT2D eigenvalue weighted by Gasteiger charge is -2.14. The minimum absolute atomic E-state index is 0.0125. The monoisotopic (exact) mass is 442 g/mol. The number of benzene rings is 1. The van der Waals surface area contributed by atoms with Crippen LogP contribution in [0.5, 0.6) is 0 Å². The number of rotatable bonds is 3. The number of anilines is 1. The Hall–Kier alpha value is -2.77. The summed E-state index contributed by atoms with van der Waals surface area (Å²) in [6, 6.07) is 3.41. The molecule has 4 rings (SSSR count). The van der Waals surface area contributed by atoms with Crippen LogP contribution in [0.25, 0.3) is 5.69 Å². The van der Waals surface area contributed by atoms with E-state index in [1.807, 2.05) is 6.07 Å². The van der Waals surface area contributed by atoms with Crippen molar-refractivity contribution in [1.82, 2.24) is 20.0 Å². The lowest BCUT2D eigenvalue weighted by atomic mass is 9.95. The first-order valence-corrected chi connectivity index (χ1v) is 9.00. The molecule has 3 aromatic rings. The third-order valence-electron chi connectivity index (χ3n) is 4.75. The van der Waals surface area contributed by atoms with Gasteiger partial charge in [-0.15, -0.1) is 10.2 Å². The lowest BCUT2D eigenvalue weighted by Crippen LogP contribution is -2.14. The minimum atomic E-state index is -4.63. The smallest absolute Gasteiger partial charge is 0.416 e. The van der Waals surface area contributed by atoms with Crippen molar-refractivity contribution in [1.29, 1.82) is 5.26 Å². The van der Waals surface area contributed by atoms with Crippen LogP contribution in [0.1, 0.15) is 41.4 Å². The van der Waals surface area contributed by atoms with Crippen LogP contribution in [-0.4, -0.2) is 20.0 Å². The van der Waals surface area contributed by atoms with Gasteiger partial charge in [-0.05, 0) is 25.0 Å². The van der Waals surface area contributed by atoms with Gasteiger partial charge < -0.3 is 10.2 Å². The summed E-state index contributed by atoms with van der Waals surface area (Å²) < 4.78 is 45.6. The summed E-state index contributed by atoms with van der Waals surface area (Å²) in [7, 11) is 0. The van der Waals surface area contributed by atoms with Gasteiger partial charge >= 0.3 is 6.18 Å². The predicted molar refractivity (Wildman–Crippen MR) is 96.8 cm³/mol. The van der Waals surface area contributed by atoms with E-state index >= 15 is 0 Å². The second kappa shape index (κ2) is 6.37. The molecule has 0 spiro atoms. The molecule has 0 atom stereocenters. The SMILES string of the molecule is Cc1nnc(C2(c3c(C#N)nn(-c4c(Cl)cc(C(F)(F)F)cc4Cl)c3N)CC2)o1. The van der Waals surface area contributed by atoms with Gasteiger partial charge in [0.25, 0.3) is 0 Å². The van der Waals surface area contributed by atoms with Gasteiger partial charge in [0, 0.05) is 12.5 Å². The topological polar surface area (TPSA) is 107 Å². The summed E-state index contributed by atoms with van der Waals surface area (Å²) in [4.78, 5) is 0. The van der Waals surface area contributed by atoms with Gasteiger partial charge in [0.05, 0.1) is 21.0 Å². The van der Waals surface area contributed by atoms with Crippen LogP contribution in [-0.2, 0) is 11.6 Å². The number of nitrogen functional groups attached to an aromatic ring is 1. The molecule has 12 heteroatoms. The van der Waals surface area contributed by atoms with Gasteiger partial charge in [-0.25, -0.2) is 4.68 Å². The van der Waals surface area contributed by atoms with E-state index in [-0.39, 0.29) is 27.2 Å². The van der Waals surface area contributed by atoms with Crippen LogP contribution < -0.4 is 5.73 Å². The Bertz CT molecular complexity index is 1150. The molecule has 1 aliphatic rings. The van der Waals surface area contributed by atoms with E-state index in [1.165, 1.54) is 0 Å². The third-order valence-corrected chi connectivity index (χ3v) is 5.32. The van der Waals surface area contributed by atoms with Crippen molar-refractivity contribution >= 4 is 29.0 Å². The summed E-state index contributed by atoms with van der Waals surface area (Å²) in [5.41, 5.74) is 4.75. The molecule has 0 radical (unpaired) electrons. The number of hydrogen-bond donors (Lipinski definition) is 1. The van der Waals surface area contributed by atoms with Crippen LogP contribution in [0, 0.1) is 18.3 Å². The fraction of sp³-hybridized carbons (Fsp3) is 0.294. The van der Waals surface area contributed by atoms with E-state index in [4.69, 9.17) is 33.4 Å². The van der Waals surface area contributed by atoms with Gasteiger partial charge in [-0.3, -0.25) is 0 Å². The molecular formula is C17H11Cl2F3N6O. The van der Waals surface area contributed by atoms with Crippen molar-refractivity contribution in [2.75, 3.05) is 5.73 Å². The number of aryl methyl sites for hydroxylation is 1. The van der Waals surface area contributed by atoms with Crippen LogP contribution >= 0.6 is 23.2 Å². The first-order chi connectivity index (χ1) is 13.6. The van der Waals surface area contributed by atoms with Crippen LogP contribution in [0.3, 0.4) is 0 Å². The molecule has 0 saturated heterocycles. The standard InChI is InChI=1S/C17H11Cl2F3N6O/c1-7-25-26-15(29-7)16(2-3-16)12-11(6-23)27-28(14(12)24)13-9(18)4-8(5-10(13)19)17(20,21)22/h4-5H,2-3,24H2,1H3. The summed E-state index contributed by atoms with van der Waals surface area (Å²) in [6.45, 7) is 1.63. The quantitative estimate of drug-likeness (QED) is 0.642. The fourth-order valence-corrected chi connectivity index (χ4v) is 3.92. The Kier molecular flexibility index (Phi) is 4.29. The molecule has 0 aliphatic heterocycles. The number of nitrogens with zero attached hydrogens (tertiary/aromatic N) is 5. The van der Waals surface area contributed by atoms with Crippen molar-refractivity contribution in [3.8, 4) is 11.8 Å². The number of halogens is 5. The minimum Gasteiger partial charge on any atom is -0.425 e. The Balaban J connectivity index is 1.90. The fourth-order valence-electron chi connectivity index (χ4n) is 3.27. The molecule has 0 unspecified atom stereocenters. The van der Waals surface area contributed by atoms with E-state index in [2.05, 4.69) is 15.3 Å². The Morgan fingerprint density at radius 3 is 2.31 bits per heavy atom. The van der Waals surface area contributed by atoms with E-state index in [1.54, 1.807) is 6.92 Å². The molecule has 150 valence electrons. The highest BCUT2D eigenvalue weighted by atomic mass is 35.5. The normalized spacial score (nSPS) is 15.3. The largest absolute Gasteiger partial charge is 0.425 e. The van der Waals surface area contributed by atoms with E-state index < -0.39 is 17.2 Å². The van der Waals surface area contributed by atoms with E-state index in [0.717, 1.165) is 16.8 Å². The van der Waals surface area contributed by atoms with E-state index in [9.17, 15) is 18.4 Å². The summed E-state index contributed by atoms with van der Waals surface area (Å²) in [6.07, 6.45) is -3.44. The zero-order valence-electron chi connectivity index (χ0n) is 14.7. The average Bonchev–Trinajstić information content (AvgIpc) is 3.19. The number of nitrogens with two attached hydrogens (primary N) is 1. The molecular weight excluding hydrogens is 432 g/mol. The molecule has 1 aromatic carbocycles. The van der Waals surface area contributed by atoms with Gasteiger partial charge in [0.1, 0.15) is 17.6 Å². The number of nitriles is 1. The van der Waals surface area contributed by atoms with Gasteiger partial charge in [0.15, 0.2) is 5.69 Å². The highest BCUT2D eigenvalue weighted by molar-refractivity contribution is 6.38. The summed E-state index contributed by atoms with van der Waals surface area (Å²) in [5.74, 6) is 0.658. The predicted octanol–water partition coefficient (Wildman–Crippen LogP) is 4.42.